The largest absolute Gasteiger partial charge is 0.388 e. The molecule has 2 fully saturated rings. The molecule has 3 rings (SSSR count). The second-order valence-corrected chi connectivity index (χ2v) is 8.38. The standard InChI is InChI=1S/C14H22N4O5S/c1-5-14-7-24(21,22)17(4)9(10(14)19)12(23-14)18-6-8(2)11(15-3)16-13(18)20/h6,9-10,12,19H,5,7H2,1-4H3,(H,15,16,20)/t9-,10?,12+,14-/m0/s1. The molecule has 3 heterocycles. The molecular weight excluding hydrogens is 336 g/mol. The molecule has 1 aromatic rings. The molecule has 9 nitrogen and oxygen atoms in total. The monoisotopic (exact) mass is 358 g/mol. The molecule has 2 aliphatic heterocycles. The molecule has 1 aromatic heterocycles. The maximum absolute atomic E-state index is 12.4. The number of hydrogen-bond donors (Lipinski definition) is 2. The highest BCUT2D eigenvalue weighted by Crippen LogP contribution is 2.46. The molecule has 2 N–H and O–H groups in total. The lowest BCUT2D eigenvalue weighted by atomic mass is 9.93. The van der Waals surface area contributed by atoms with Gasteiger partial charge in [-0.2, -0.15) is 9.29 Å². The number of aromatic nitrogens is 2. The Hall–Kier alpha value is -1.49. The third-order valence-electron chi connectivity index (χ3n) is 5.04. The van der Waals surface area contributed by atoms with E-state index in [1.54, 1.807) is 27.1 Å². The van der Waals surface area contributed by atoms with Crippen LogP contribution in [0.25, 0.3) is 0 Å². The zero-order valence-electron chi connectivity index (χ0n) is 14.1. The molecule has 2 bridgehead atoms. The Labute approximate surface area is 140 Å². The Bertz CT molecular complexity index is 823. The molecule has 0 aromatic carbocycles. The van der Waals surface area contributed by atoms with E-state index in [2.05, 4.69) is 10.3 Å². The number of likely N-dealkylation sites (N-methyl/N-ethyl adjacent to an activating group) is 1. The van der Waals surface area contributed by atoms with Crippen LogP contribution in [-0.2, 0) is 14.8 Å². The van der Waals surface area contributed by atoms with E-state index in [9.17, 15) is 18.3 Å². The van der Waals surface area contributed by atoms with Crippen molar-refractivity contribution in [2.45, 2.75) is 44.2 Å². The number of aliphatic hydroxyl groups excluding tert-OH is 1. The first-order chi connectivity index (χ1) is 11.2. The summed E-state index contributed by atoms with van der Waals surface area (Å²) in [7, 11) is -0.516. The SMILES string of the molecule is CC[C@]12CS(=O)(=O)N(C)[C@@H](C1O)[C@H](n1cc(C)c(NC)nc1=O)O2. The molecule has 134 valence electrons. The second-order valence-electron chi connectivity index (χ2n) is 6.35. The molecule has 0 aliphatic carbocycles. The van der Waals surface area contributed by atoms with Crippen LogP contribution in [0.3, 0.4) is 0 Å². The zero-order valence-corrected chi connectivity index (χ0v) is 14.9. The van der Waals surface area contributed by atoms with Crippen LogP contribution in [0.1, 0.15) is 25.1 Å². The first kappa shape index (κ1) is 17.3. The summed E-state index contributed by atoms with van der Waals surface area (Å²) in [5.74, 6) is 0.139. The number of fused-ring (bicyclic) bond motifs is 2. The number of ether oxygens (including phenoxy) is 1. The quantitative estimate of drug-likeness (QED) is 0.733. The summed E-state index contributed by atoms with van der Waals surface area (Å²) in [6.07, 6.45) is -0.0448. The topological polar surface area (TPSA) is 114 Å². The number of aryl methyl sites for hydroxylation is 1. The van der Waals surface area contributed by atoms with E-state index in [1.165, 1.54) is 11.6 Å². The number of anilines is 1. The molecule has 0 radical (unpaired) electrons. The summed E-state index contributed by atoms with van der Waals surface area (Å²) in [5.41, 5.74) is -1.06. The van der Waals surface area contributed by atoms with Crippen molar-refractivity contribution >= 4 is 15.8 Å². The number of rotatable bonds is 3. The smallest absolute Gasteiger partial charge is 0.351 e. The summed E-state index contributed by atoms with van der Waals surface area (Å²) < 4.78 is 33.1. The molecule has 0 spiro atoms. The lowest BCUT2D eigenvalue weighted by molar-refractivity contribution is -0.0904. The normalized spacial score (nSPS) is 35.1. The Kier molecular flexibility index (Phi) is 3.98. The third kappa shape index (κ3) is 2.28. The first-order valence-electron chi connectivity index (χ1n) is 7.76. The Morgan fingerprint density at radius 1 is 1.54 bits per heavy atom. The van der Waals surface area contributed by atoms with Gasteiger partial charge in [0.2, 0.25) is 10.0 Å². The summed E-state index contributed by atoms with van der Waals surface area (Å²) in [5, 5.41) is 13.5. The highest BCUT2D eigenvalue weighted by molar-refractivity contribution is 7.89. The number of sulfonamides is 1. The fourth-order valence-electron chi connectivity index (χ4n) is 3.56. The minimum atomic E-state index is -3.58. The van der Waals surface area contributed by atoms with Gasteiger partial charge in [0.15, 0.2) is 6.23 Å². The Morgan fingerprint density at radius 3 is 2.79 bits per heavy atom. The average molecular weight is 358 g/mol. The van der Waals surface area contributed by atoms with Crippen molar-refractivity contribution in [3.63, 3.8) is 0 Å². The first-order valence-corrected chi connectivity index (χ1v) is 9.37. The van der Waals surface area contributed by atoms with Gasteiger partial charge in [0.25, 0.3) is 0 Å². The minimum absolute atomic E-state index is 0.309. The summed E-state index contributed by atoms with van der Waals surface area (Å²) >= 11 is 0. The predicted octanol–water partition coefficient (Wildman–Crippen LogP) is -0.724. The fourth-order valence-corrected chi connectivity index (χ4v) is 5.41. The van der Waals surface area contributed by atoms with Crippen LogP contribution in [0.15, 0.2) is 11.0 Å². The van der Waals surface area contributed by atoms with E-state index < -0.39 is 39.7 Å². The van der Waals surface area contributed by atoms with E-state index in [-0.39, 0.29) is 5.75 Å². The van der Waals surface area contributed by atoms with Gasteiger partial charge in [-0.15, -0.1) is 0 Å². The molecule has 0 saturated carbocycles. The van der Waals surface area contributed by atoms with Gasteiger partial charge >= 0.3 is 5.69 Å². The van der Waals surface area contributed by atoms with Gasteiger partial charge in [0, 0.05) is 25.9 Å². The van der Waals surface area contributed by atoms with E-state index in [0.717, 1.165) is 4.31 Å². The van der Waals surface area contributed by atoms with Crippen molar-refractivity contribution in [2.24, 2.45) is 0 Å². The molecular formula is C14H22N4O5S. The van der Waals surface area contributed by atoms with E-state index >= 15 is 0 Å². The van der Waals surface area contributed by atoms with Crippen molar-refractivity contribution < 1.29 is 18.3 Å². The fraction of sp³-hybridized carbons (Fsp3) is 0.714. The minimum Gasteiger partial charge on any atom is -0.388 e. The van der Waals surface area contributed by atoms with Gasteiger partial charge in [-0.25, -0.2) is 13.2 Å². The van der Waals surface area contributed by atoms with Crippen molar-refractivity contribution in [3.8, 4) is 0 Å². The van der Waals surface area contributed by atoms with Gasteiger partial charge in [-0.05, 0) is 13.3 Å². The number of hydrogen-bond acceptors (Lipinski definition) is 7. The molecule has 2 aliphatic rings. The van der Waals surface area contributed by atoms with E-state index in [1.807, 2.05) is 0 Å². The van der Waals surface area contributed by atoms with Gasteiger partial charge in [-0.1, -0.05) is 6.92 Å². The maximum Gasteiger partial charge on any atom is 0.351 e. The van der Waals surface area contributed by atoms with Crippen molar-refractivity contribution in [1.29, 1.82) is 0 Å². The molecule has 0 amide bonds. The van der Waals surface area contributed by atoms with Gasteiger partial charge in [-0.3, -0.25) is 4.57 Å². The van der Waals surface area contributed by atoms with Gasteiger partial charge in [0.1, 0.15) is 17.5 Å². The maximum atomic E-state index is 12.4. The molecule has 10 heteroatoms. The number of aliphatic hydroxyl groups is 1. The van der Waals surface area contributed by atoms with Crippen LogP contribution in [-0.4, -0.2) is 65.0 Å². The number of nitrogens with one attached hydrogen (secondary N) is 1. The van der Waals surface area contributed by atoms with Crippen LogP contribution in [0, 0.1) is 6.92 Å². The van der Waals surface area contributed by atoms with Crippen molar-refractivity contribution in [1.82, 2.24) is 13.9 Å². The average Bonchev–Trinajstić information content (AvgIpc) is 2.75. The van der Waals surface area contributed by atoms with Crippen molar-refractivity contribution in [3.05, 3.63) is 22.2 Å². The third-order valence-corrected chi connectivity index (χ3v) is 7.01. The summed E-state index contributed by atoms with van der Waals surface area (Å²) in [6, 6.07) is -0.872. The van der Waals surface area contributed by atoms with Crippen LogP contribution in [0.2, 0.25) is 0 Å². The van der Waals surface area contributed by atoms with Gasteiger partial charge < -0.3 is 15.2 Å². The van der Waals surface area contributed by atoms with Crippen LogP contribution < -0.4 is 11.0 Å². The predicted molar refractivity (Wildman–Crippen MR) is 87.3 cm³/mol. The van der Waals surface area contributed by atoms with Crippen molar-refractivity contribution in [2.75, 3.05) is 25.2 Å². The van der Waals surface area contributed by atoms with E-state index in [4.69, 9.17) is 4.74 Å². The van der Waals surface area contributed by atoms with Crippen LogP contribution in [0.5, 0.6) is 0 Å². The van der Waals surface area contributed by atoms with Gasteiger partial charge in [0.05, 0.1) is 11.8 Å². The lowest BCUT2D eigenvalue weighted by Crippen LogP contribution is -2.60. The van der Waals surface area contributed by atoms with Crippen LogP contribution in [0.4, 0.5) is 5.82 Å². The Balaban J connectivity index is 2.14. The summed E-state index contributed by atoms with van der Waals surface area (Å²) in [4.78, 5) is 16.3. The second kappa shape index (κ2) is 5.51. The zero-order chi connectivity index (χ0) is 17.9. The molecule has 1 unspecified atom stereocenters. The highest BCUT2D eigenvalue weighted by Gasteiger charge is 2.63. The highest BCUT2D eigenvalue weighted by atomic mass is 32.2. The molecule has 4 atom stereocenters. The van der Waals surface area contributed by atoms with E-state index in [0.29, 0.717) is 17.8 Å². The lowest BCUT2D eigenvalue weighted by Gasteiger charge is -2.38. The molecule has 2 saturated heterocycles. The molecule has 24 heavy (non-hydrogen) atoms. The van der Waals surface area contributed by atoms with Crippen LogP contribution >= 0.6 is 0 Å². The Morgan fingerprint density at radius 2 is 2.21 bits per heavy atom. The number of nitrogens with zero attached hydrogens (tertiary/aromatic N) is 3. The summed E-state index contributed by atoms with van der Waals surface area (Å²) in [6.45, 7) is 3.54.